The third-order valence-electron chi connectivity index (χ3n) is 11.2. The number of carbonyl (C=O) groups is 3. The van der Waals surface area contributed by atoms with Crippen LogP contribution in [0.25, 0.3) is 0 Å². The van der Waals surface area contributed by atoms with Crippen molar-refractivity contribution >= 4 is 17.3 Å². The van der Waals surface area contributed by atoms with E-state index in [1.807, 2.05) is 19.9 Å². The van der Waals surface area contributed by atoms with Crippen molar-refractivity contribution in [1.29, 1.82) is 0 Å². The fourth-order valence-electron chi connectivity index (χ4n) is 8.82. The van der Waals surface area contributed by atoms with Crippen LogP contribution in [0.2, 0.25) is 0 Å². The van der Waals surface area contributed by atoms with Crippen molar-refractivity contribution in [3.63, 3.8) is 0 Å². The zero-order chi connectivity index (χ0) is 28.1. The minimum atomic E-state index is -1.88. The Labute approximate surface area is 220 Å². The predicted octanol–water partition coefficient (Wildman–Crippen LogP) is 3.84. The second-order valence-corrected chi connectivity index (χ2v) is 14.3. The van der Waals surface area contributed by atoms with Gasteiger partial charge in [0.25, 0.3) is 0 Å². The highest BCUT2D eigenvalue weighted by molar-refractivity contribution is 6.02. The van der Waals surface area contributed by atoms with E-state index in [9.17, 15) is 34.8 Å². The molecule has 7 nitrogen and oxygen atoms in total. The summed E-state index contributed by atoms with van der Waals surface area (Å²) in [6, 6.07) is 0. The second-order valence-electron chi connectivity index (χ2n) is 14.3. The van der Waals surface area contributed by atoms with E-state index >= 15 is 0 Å². The minimum Gasteiger partial charge on any atom is -0.505 e. The van der Waals surface area contributed by atoms with Crippen LogP contribution >= 0.6 is 0 Å². The van der Waals surface area contributed by atoms with Gasteiger partial charge in [-0.15, -0.1) is 0 Å². The van der Waals surface area contributed by atoms with Crippen molar-refractivity contribution in [2.75, 3.05) is 0 Å². The molecule has 0 aromatic heterocycles. The molecule has 8 atom stereocenters. The molecular formula is C30H44O7. The van der Waals surface area contributed by atoms with E-state index in [2.05, 4.69) is 6.92 Å². The fraction of sp³-hybridized carbons (Fsp3) is 0.767. The summed E-state index contributed by atoms with van der Waals surface area (Å²) in [7, 11) is 0. The molecule has 7 heteroatoms. The van der Waals surface area contributed by atoms with Crippen LogP contribution in [-0.2, 0) is 14.4 Å². The molecule has 0 aliphatic heterocycles. The predicted molar refractivity (Wildman–Crippen MR) is 138 cm³/mol. The molecule has 2 fully saturated rings. The van der Waals surface area contributed by atoms with Crippen LogP contribution in [0.3, 0.4) is 0 Å². The number of hydrogen-bond donors (Lipinski definition) is 4. The Morgan fingerprint density at radius 2 is 1.65 bits per heavy atom. The number of fused-ring (bicyclic) bond motifs is 5. The SMILES string of the molecule is CC(C)(O)CCC(=O)[C@@](C)(O)C1[C@H](O)C[C@@]2(C)[C@@H]3CC=C4C(C=C(O)C(=O)C4(C)C)[C@]3(C)C(=O)C[C@]12C. The molecule has 4 rings (SSSR count). The summed E-state index contributed by atoms with van der Waals surface area (Å²) in [5.41, 5.74) is -5.39. The molecule has 0 aromatic rings. The molecule has 4 aliphatic rings. The van der Waals surface area contributed by atoms with Gasteiger partial charge in [0.1, 0.15) is 11.4 Å². The number of aliphatic hydroxyl groups is 4. The normalized spacial score (nSPS) is 42.7. The van der Waals surface area contributed by atoms with Crippen LogP contribution in [0.1, 0.15) is 87.5 Å². The highest BCUT2D eigenvalue weighted by atomic mass is 16.3. The number of carbonyl (C=O) groups excluding carboxylic acids is 3. The fourth-order valence-corrected chi connectivity index (χ4v) is 8.82. The highest BCUT2D eigenvalue weighted by Gasteiger charge is 2.74. The van der Waals surface area contributed by atoms with E-state index in [0.29, 0.717) is 12.8 Å². The first-order chi connectivity index (χ1) is 16.7. The number of hydrogen-bond acceptors (Lipinski definition) is 7. The van der Waals surface area contributed by atoms with E-state index in [0.717, 1.165) is 5.57 Å². The lowest BCUT2D eigenvalue weighted by molar-refractivity contribution is -0.181. The lowest BCUT2D eigenvalue weighted by Crippen LogP contribution is -2.64. The van der Waals surface area contributed by atoms with Gasteiger partial charge in [-0.2, -0.15) is 0 Å². The van der Waals surface area contributed by atoms with Gasteiger partial charge >= 0.3 is 0 Å². The zero-order valence-electron chi connectivity index (χ0n) is 23.5. The molecule has 0 amide bonds. The molecule has 0 aromatic carbocycles. The Morgan fingerprint density at radius 3 is 2.22 bits per heavy atom. The Morgan fingerprint density at radius 1 is 1.05 bits per heavy atom. The molecule has 4 aliphatic carbocycles. The maximum Gasteiger partial charge on any atom is 0.206 e. The minimum absolute atomic E-state index is 0.0387. The van der Waals surface area contributed by atoms with Gasteiger partial charge in [0, 0.05) is 30.1 Å². The smallest absolute Gasteiger partial charge is 0.206 e. The van der Waals surface area contributed by atoms with Gasteiger partial charge in [-0.25, -0.2) is 0 Å². The van der Waals surface area contributed by atoms with Crippen molar-refractivity contribution in [2.24, 2.45) is 39.4 Å². The summed E-state index contributed by atoms with van der Waals surface area (Å²) < 4.78 is 0. The Kier molecular flexibility index (Phi) is 6.16. The van der Waals surface area contributed by atoms with Gasteiger partial charge in [0.2, 0.25) is 5.78 Å². The van der Waals surface area contributed by atoms with E-state index in [1.165, 1.54) is 13.0 Å². The first kappa shape index (κ1) is 28.2. The van der Waals surface area contributed by atoms with Crippen molar-refractivity contribution in [3.05, 3.63) is 23.5 Å². The number of Topliss-reactive ketones (excluding diaryl/α,β-unsaturated/α-hetero) is 3. The van der Waals surface area contributed by atoms with E-state index in [4.69, 9.17) is 0 Å². The van der Waals surface area contributed by atoms with E-state index in [1.54, 1.807) is 27.7 Å². The lowest BCUT2D eigenvalue weighted by Gasteiger charge is -2.63. The largest absolute Gasteiger partial charge is 0.505 e. The molecule has 0 spiro atoms. The van der Waals surface area contributed by atoms with Crippen LogP contribution in [0.5, 0.6) is 0 Å². The summed E-state index contributed by atoms with van der Waals surface area (Å²) >= 11 is 0. The van der Waals surface area contributed by atoms with Crippen molar-refractivity contribution in [3.8, 4) is 0 Å². The average Bonchev–Trinajstić information content (AvgIpc) is 2.96. The number of aliphatic hydroxyl groups excluding tert-OH is 2. The van der Waals surface area contributed by atoms with Crippen molar-refractivity contribution in [1.82, 2.24) is 0 Å². The third-order valence-corrected chi connectivity index (χ3v) is 11.2. The first-order valence-electron chi connectivity index (χ1n) is 13.5. The number of allylic oxidation sites excluding steroid dienone is 4. The van der Waals surface area contributed by atoms with Gasteiger partial charge < -0.3 is 20.4 Å². The summed E-state index contributed by atoms with van der Waals surface area (Å²) in [5, 5.41) is 43.7. The highest BCUT2D eigenvalue weighted by Crippen LogP contribution is 2.73. The maximum absolute atomic E-state index is 14.2. The molecular weight excluding hydrogens is 472 g/mol. The summed E-state index contributed by atoms with van der Waals surface area (Å²) in [5.74, 6) is -2.69. The van der Waals surface area contributed by atoms with Crippen molar-refractivity contribution < 1.29 is 34.8 Å². The van der Waals surface area contributed by atoms with Gasteiger partial charge in [-0.05, 0) is 76.7 Å². The number of ketones is 3. The molecule has 0 bridgehead atoms. The molecule has 0 saturated heterocycles. The van der Waals surface area contributed by atoms with Gasteiger partial charge in [0.05, 0.1) is 17.1 Å². The molecule has 0 radical (unpaired) electrons. The van der Waals surface area contributed by atoms with Crippen LogP contribution in [0.4, 0.5) is 0 Å². The van der Waals surface area contributed by atoms with Gasteiger partial charge in [-0.3, -0.25) is 14.4 Å². The van der Waals surface area contributed by atoms with Gasteiger partial charge in [0.15, 0.2) is 11.5 Å². The molecule has 0 heterocycles. The average molecular weight is 517 g/mol. The summed E-state index contributed by atoms with van der Waals surface area (Å²) in [4.78, 5) is 40.2. The molecule has 37 heavy (non-hydrogen) atoms. The van der Waals surface area contributed by atoms with Crippen LogP contribution in [0.15, 0.2) is 23.5 Å². The van der Waals surface area contributed by atoms with E-state index < -0.39 is 56.6 Å². The maximum atomic E-state index is 14.2. The van der Waals surface area contributed by atoms with Crippen LogP contribution in [0, 0.1) is 39.4 Å². The standard InChI is InChI=1S/C30H44O7/c1-25(2,36)12-11-21(33)30(8,37)23-19(32)14-27(5)20-10-9-16-17(13-18(31)24(35)26(16,3)4)29(20,7)22(34)15-28(23,27)6/h9,13,17,19-20,23,31-32,36-37H,10-12,14-15H2,1-8H3/t17?,19-,20+,23?,27+,28-,29+,30-/m1/s1. The quantitative estimate of drug-likeness (QED) is 0.408. The van der Waals surface area contributed by atoms with Crippen molar-refractivity contribution in [2.45, 2.75) is 105 Å². The summed E-state index contributed by atoms with van der Waals surface area (Å²) in [6.07, 6.45) is 3.64. The lowest BCUT2D eigenvalue weighted by atomic mass is 9.39. The second kappa shape index (κ2) is 8.09. The zero-order valence-corrected chi connectivity index (χ0v) is 23.5. The third kappa shape index (κ3) is 3.67. The van der Waals surface area contributed by atoms with Crippen LogP contribution < -0.4 is 0 Å². The Hall–Kier alpha value is -1.83. The Bertz CT molecular complexity index is 1110. The van der Waals surface area contributed by atoms with E-state index in [-0.39, 0.29) is 42.5 Å². The topological polar surface area (TPSA) is 132 Å². The number of rotatable bonds is 5. The first-order valence-corrected chi connectivity index (χ1v) is 13.5. The molecule has 206 valence electrons. The molecule has 4 N–H and O–H groups in total. The molecule has 2 unspecified atom stereocenters. The summed E-state index contributed by atoms with van der Waals surface area (Å²) in [6.45, 7) is 14.1. The van der Waals surface area contributed by atoms with Gasteiger partial charge in [-0.1, -0.05) is 32.4 Å². The Balaban J connectivity index is 1.79. The van der Waals surface area contributed by atoms with Crippen LogP contribution in [-0.4, -0.2) is 55.1 Å². The molecule has 2 saturated carbocycles. The monoisotopic (exact) mass is 516 g/mol.